The smallest absolute Gasteiger partial charge is 0.336 e. The van der Waals surface area contributed by atoms with Gasteiger partial charge in [0.15, 0.2) is 5.78 Å². The van der Waals surface area contributed by atoms with Crippen molar-refractivity contribution in [1.29, 1.82) is 0 Å². The normalized spacial score (nSPS) is 20.8. The van der Waals surface area contributed by atoms with Gasteiger partial charge in [0.1, 0.15) is 5.75 Å². The van der Waals surface area contributed by atoms with Crippen LogP contribution in [0.1, 0.15) is 42.7 Å². The highest BCUT2D eigenvalue weighted by atomic mass is 35.5. The molecule has 2 aliphatic rings. The number of hydrogen-bond donors (Lipinski definition) is 1. The number of rotatable bonds is 4. The molecule has 1 N–H and O–H groups in total. The summed E-state index contributed by atoms with van der Waals surface area (Å²) >= 11 is 6.03. The van der Waals surface area contributed by atoms with Gasteiger partial charge in [-0.25, -0.2) is 4.79 Å². The number of benzene rings is 2. The van der Waals surface area contributed by atoms with Gasteiger partial charge >= 0.3 is 5.97 Å². The molecule has 0 aromatic heterocycles. The first-order chi connectivity index (χ1) is 14.9. The van der Waals surface area contributed by atoms with Crippen molar-refractivity contribution in [1.82, 2.24) is 5.32 Å². The quantitative estimate of drug-likeness (QED) is 0.690. The number of ether oxygens (including phenoxy) is 2. The lowest BCUT2D eigenvalue weighted by molar-refractivity contribution is -0.136. The minimum atomic E-state index is -0.543. The lowest BCUT2D eigenvalue weighted by Gasteiger charge is -2.37. The molecule has 2 aromatic rings. The molecule has 4 rings (SSSR count). The average Bonchev–Trinajstić information content (AvgIpc) is 2.78. The second-order valence-electron chi connectivity index (χ2n) is 7.80. The minimum absolute atomic E-state index is 0.0125. The van der Waals surface area contributed by atoms with Gasteiger partial charge < -0.3 is 14.8 Å². The van der Waals surface area contributed by atoms with Crippen molar-refractivity contribution >= 4 is 23.4 Å². The van der Waals surface area contributed by atoms with Gasteiger partial charge in [-0.2, -0.15) is 0 Å². The molecule has 0 bridgehead atoms. The van der Waals surface area contributed by atoms with Crippen LogP contribution in [-0.2, 0) is 14.3 Å². The van der Waals surface area contributed by atoms with Crippen LogP contribution in [0.25, 0.3) is 0 Å². The SMILES string of the molecule is COC(=O)C1=C(C)NC2=C(C(=O)C[C@H](c3ccc(Cl)cc3)C2)[C@@H]1c1ccccc1OC. The Bertz CT molecular complexity index is 1100. The van der Waals surface area contributed by atoms with E-state index < -0.39 is 11.9 Å². The highest BCUT2D eigenvalue weighted by Gasteiger charge is 2.42. The summed E-state index contributed by atoms with van der Waals surface area (Å²) in [4.78, 5) is 26.2. The number of ketones is 1. The summed E-state index contributed by atoms with van der Waals surface area (Å²) in [5, 5.41) is 4.00. The van der Waals surface area contributed by atoms with Crippen LogP contribution in [0.15, 0.2) is 71.1 Å². The van der Waals surface area contributed by atoms with E-state index in [1.807, 2.05) is 55.5 Å². The van der Waals surface area contributed by atoms with Crippen molar-refractivity contribution in [2.24, 2.45) is 0 Å². The van der Waals surface area contributed by atoms with Crippen molar-refractivity contribution < 1.29 is 19.1 Å². The van der Waals surface area contributed by atoms with Gasteiger partial charge in [-0.15, -0.1) is 0 Å². The Hall–Kier alpha value is -3.05. The van der Waals surface area contributed by atoms with Crippen LogP contribution in [0, 0.1) is 0 Å². The summed E-state index contributed by atoms with van der Waals surface area (Å²) in [5.74, 6) is -0.318. The molecule has 2 atom stereocenters. The Morgan fingerprint density at radius 1 is 1.06 bits per heavy atom. The Morgan fingerprint density at radius 3 is 2.45 bits per heavy atom. The lowest BCUT2D eigenvalue weighted by Crippen LogP contribution is -2.36. The van der Waals surface area contributed by atoms with E-state index in [1.54, 1.807) is 7.11 Å². The number of esters is 1. The van der Waals surface area contributed by atoms with Crippen molar-refractivity contribution in [3.63, 3.8) is 0 Å². The summed E-state index contributed by atoms with van der Waals surface area (Å²) in [5.41, 5.74) is 4.42. The van der Waals surface area contributed by atoms with Crippen LogP contribution in [0.3, 0.4) is 0 Å². The van der Waals surface area contributed by atoms with Crippen molar-refractivity contribution in [3.8, 4) is 5.75 Å². The van der Waals surface area contributed by atoms with Crippen molar-refractivity contribution in [3.05, 3.63) is 87.2 Å². The number of methoxy groups -OCH3 is 2. The fourth-order valence-corrected chi connectivity index (χ4v) is 4.73. The third kappa shape index (κ3) is 3.86. The molecule has 160 valence electrons. The zero-order valence-corrected chi connectivity index (χ0v) is 18.5. The molecule has 2 aromatic carbocycles. The van der Waals surface area contributed by atoms with Crippen LogP contribution in [0.4, 0.5) is 0 Å². The predicted molar refractivity (Wildman–Crippen MR) is 119 cm³/mol. The maximum atomic E-state index is 13.5. The second-order valence-corrected chi connectivity index (χ2v) is 8.24. The number of halogens is 1. The molecule has 1 aliphatic carbocycles. The van der Waals surface area contributed by atoms with Gasteiger partial charge in [-0.05, 0) is 43.0 Å². The van der Waals surface area contributed by atoms with Crippen LogP contribution >= 0.6 is 11.6 Å². The highest BCUT2D eigenvalue weighted by molar-refractivity contribution is 6.30. The van der Waals surface area contributed by atoms with Crippen LogP contribution in [0.5, 0.6) is 5.75 Å². The molecule has 1 aliphatic heterocycles. The number of dihydropyridines is 1. The fraction of sp³-hybridized carbons (Fsp3) is 0.280. The van der Waals surface area contributed by atoms with Gasteiger partial charge in [0.05, 0.1) is 25.7 Å². The molecule has 0 saturated heterocycles. The first kappa shape index (κ1) is 21.2. The largest absolute Gasteiger partial charge is 0.496 e. The van der Waals surface area contributed by atoms with Crippen LogP contribution < -0.4 is 10.1 Å². The number of allylic oxidation sites excluding steroid dienone is 3. The molecule has 0 saturated carbocycles. The van der Waals surface area contributed by atoms with Crippen molar-refractivity contribution in [2.75, 3.05) is 14.2 Å². The van der Waals surface area contributed by atoms with Gasteiger partial charge in [0.25, 0.3) is 0 Å². The first-order valence-corrected chi connectivity index (χ1v) is 10.5. The summed E-state index contributed by atoms with van der Waals surface area (Å²) in [6.45, 7) is 1.84. The number of carbonyl (C=O) groups excluding carboxylic acids is 2. The van der Waals surface area contributed by atoms with E-state index in [0.29, 0.717) is 40.5 Å². The van der Waals surface area contributed by atoms with Crippen molar-refractivity contribution in [2.45, 2.75) is 31.6 Å². The number of Topliss-reactive ketones (excluding diaryl/α,β-unsaturated/α-hetero) is 1. The molecule has 0 unspecified atom stereocenters. The Morgan fingerprint density at radius 2 is 1.77 bits per heavy atom. The monoisotopic (exact) mass is 437 g/mol. The van der Waals surface area contributed by atoms with Gasteiger partial charge in [-0.1, -0.05) is 41.9 Å². The number of hydrogen-bond acceptors (Lipinski definition) is 5. The minimum Gasteiger partial charge on any atom is -0.496 e. The topological polar surface area (TPSA) is 64.6 Å². The fourth-order valence-electron chi connectivity index (χ4n) is 4.61. The molecule has 5 nitrogen and oxygen atoms in total. The number of para-hydroxylation sites is 1. The zero-order chi connectivity index (χ0) is 22.1. The summed E-state index contributed by atoms with van der Waals surface area (Å²) in [6, 6.07) is 15.1. The van der Waals surface area contributed by atoms with E-state index in [-0.39, 0.29) is 11.7 Å². The van der Waals surface area contributed by atoms with Gasteiger partial charge in [0.2, 0.25) is 0 Å². The molecule has 0 radical (unpaired) electrons. The Balaban J connectivity index is 1.83. The Labute approximate surface area is 186 Å². The zero-order valence-electron chi connectivity index (χ0n) is 17.7. The number of nitrogens with one attached hydrogen (secondary N) is 1. The van der Waals surface area contributed by atoms with E-state index in [0.717, 1.165) is 16.8 Å². The van der Waals surface area contributed by atoms with Gasteiger partial charge in [0, 0.05) is 34.0 Å². The van der Waals surface area contributed by atoms with E-state index in [2.05, 4.69) is 5.32 Å². The summed E-state index contributed by atoms with van der Waals surface area (Å²) < 4.78 is 10.6. The molecule has 0 fully saturated rings. The van der Waals surface area contributed by atoms with E-state index in [9.17, 15) is 9.59 Å². The summed E-state index contributed by atoms with van der Waals surface area (Å²) in [7, 11) is 2.94. The predicted octanol–water partition coefficient (Wildman–Crippen LogP) is 4.88. The molecule has 6 heteroatoms. The van der Waals surface area contributed by atoms with Crippen LogP contribution in [0.2, 0.25) is 5.02 Å². The van der Waals surface area contributed by atoms with Crippen LogP contribution in [-0.4, -0.2) is 26.0 Å². The summed E-state index contributed by atoms with van der Waals surface area (Å²) in [6.07, 6.45) is 1.03. The highest BCUT2D eigenvalue weighted by Crippen LogP contribution is 2.47. The molecular weight excluding hydrogens is 414 g/mol. The lowest BCUT2D eigenvalue weighted by atomic mass is 9.71. The first-order valence-electron chi connectivity index (χ1n) is 10.1. The third-order valence-electron chi connectivity index (χ3n) is 6.02. The molecule has 0 amide bonds. The van der Waals surface area contributed by atoms with E-state index >= 15 is 0 Å². The maximum absolute atomic E-state index is 13.5. The third-order valence-corrected chi connectivity index (χ3v) is 6.28. The van der Waals surface area contributed by atoms with E-state index in [1.165, 1.54) is 7.11 Å². The second kappa shape index (κ2) is 8.60. The molecule has 0 spiro atoms. The van der Waals surface area contributed by atoms with E-state index in [4.69, 9.17) is 21.1 Å². The standard InChI is InChI=1S/C25H24ClNO4/c1-14-22(25(29)31-3)23(18-6-4-5-7-21(18)30-2)24-19(27-14)12-16(13-20(24)28)15-8-10-17(26)11-9-15/h4-11,16,23,27H,12-13H2,1-3H3/t16-,23-/m1/s1. The average molecular weight is 438 g/mol. The molecular formula is C25H24ClNO4. The van der Waals surface area contributed by atoms with Gasteiger partial charge in [-0.3, -0.25) is 4.79 Å². The molecule has 31 heavy (non-hydrogen) atoms. The Kier molecular flexibility index (Phi) is 5.88. The maximum Gasteiger partial charge on any atom is 0.336 e. The number of carbonyl (C=O) groups is 2. The molecule has 1 heterocycles.